The summed E-state index contributed by atoms with van der Waals surface area (Å²) in [5.74, 6) is -0.920. The van der Waals surface area contributed by atoms with E-state index in [1.807, 2.05) is 0 Å². The van der Waals surface area contributed by atoms with E-state index in [1.54, 1.807) is 27.7 Å². The Morgan fingerprint density at radius 1 is 0.947 bits per heavy atom. The summed E-state index contributed by atoms with van der Waals surface area (Å²) in [6.07, 6.45) is 0.956. The highest BCUT2D eigenvalue weighted by Crippen LogP contribution is 2.51. The molecule has 0 aromatic carbocycles. The van der Waals surface area contributed by atoms with Crippen molar-refractivity contribution in [2.24, 2.45) is 0 Å². The van der Waals surface area contributed by atoms with Gasteiger partial charge in [-0.3, -0.25) is 9.05 Å². The molecule has 112 valence electrons. The molecule has 0 unspecified atom stereocenters. The first-order valence-electron chi connectivity index (χ1n) is 6.11. The van der Waals surface area contributed by atoms with Crippen LogP contribution in [0.15, 0.2) is 12.0 Å². The van der Waals surface area contributed by atoms with E-state index in [-0.39, 0.29) is 32.4 Å². The number of hydrogen-bond acceptors (Lipinski definition) is 7. The molecule has 0 N–H and O–H groups in total. The highest BCUT2D eigenvalue weighted by atomic mass is 31.2. The summed E-state index contributed by atoms with van der Waals surface area (Å²) in [4.78, 5) is 11.3. The predicted molar refractivity (Wildman–Crippen MR) is 68.3 cm³/mol. The molecule has 0 heterocycles. The van der Waals surface area contributed by atoms with Crippen molar-refractivity contribution in [2.45, 2.75) is 27.7 Å². The van der Waals surface area contributed by atoms with Crippen molar-refractivity contribution < 1.29 is 32.4 Å². The number of carbonyl (C=O) groups excluding carboxylic acids is 1. The Kier molecular flexibility index (Phi) is 9.30. The van der Waals surface area contributed by atoms with Gasteiger partial charge in [0.2, 0.25) is 0 Å². The fourth-order valence-corrected chi connectivity index (χ4v) is 2.17. The smallest absolute Gasteiger partial charge is 0.465 e. The maximum Gasteiger partial charge on any atom is 0.532 e. The van der Waals surface area contributed by atoms with Crippen LogP contribution in [0.4, 0.5) is 0 Å². The van der Waals surface area contributed by atoms with Gasteiger partial charge < -0.3 is 14.0 Å². The molecular weight excluding hydrogens is 275 g/mol. The molecule has 0 fully saturated rings. The number of hydrogen-bond donors (Lipinski definition) is 0. The largest absolute Gasteiger partial charge is 0.532 e. The van der Waals surface area contributed by atoms with Gasteiger partial charge in [-0.05, 0) is 27.7 Å². The summed E-state index contributed by atoms with van der Waals surface area (Å²) >= 11 is 0. The number of ether oxygens (including phenoxy) is 2. The fraction of sp³-hybridized carbons (Fsp3) is 0.727. The predicted octanol–water partition coefficient (Wildman–Crippen LogP) is 2.63. The summed E-state index contributed by atoms with van der Waals surface area (Å²) in [7, 11) is -3.78. The normalized spacial score (nSPS) is 12.1. The molecule has 7 nitrogen and oxygen atoms in total. The molecule has 0 aliphatic carbocycles. The zero-order valence-electron chi connectivity index (χ0n) is 11.7. The van der Waals surface area contributed by atoms with Gasteiger partial charge in [-0.15, -0.1) is 0 Å². The van der Waals surface area contributed by atoms with Crippen LogP contribution in [0.3, 0.4) is 0 Å². The van der Waals surface area contributed by atoms with Gasteiger partial charge in [0.15, 0.2) is 0 Å². The van der Waals surface area contributed by atoms with Crippen LogP contribution in [0.5, 0.6) is 0 Å². The Hall–Kier alpha value is -1.04. The molecule has 0 spiro atoms. The van der Waals surface area contributed by atoms with Crippen LogP contribution in [0.2, 0.25) is 0 Å². The molecule has 0 radical (unpaired) electrons. The fourth-order valence-electron chi connectivity index (χ4n) is 1.03. The molecular formula is C11H21O7P. The number of carbonyl (C=O) groups is 1. The molecule has 0 saturated heterocycles. The molecule has 0 bridgehead atoms. The SMILES string of the molecule is CCOC(=O)/C=C(\OCC)OP(=O)(OCC)OCC. The second-order valence-electron chi connectivity index (χ2n) is 3.02. The van der Waals surface area contributed by atoms with Gasteiger partial charge in [0, 0.05) is 0 Å². The van der Waals surface area contributed by atoms with E-state index in [0.717, 1.165) is 6.08 Å². The first kappa shape index (κ1) is 18.0. The molecule has 0 aliphatic rings. The van der Waals surface area contributed by atoms with Crippen LogP contribution >= 0.6 is 7.82 Å². The van der Waals surface area contributed by atoms with Gasteiger partial charge in [0.1, 0.15) is 6.08 Å². The average Bonchev–Trinajstić information content (AvgIpc) is 2.29. The van der Waals surface area contributed by atoms with Crippen molar-refractivity contribution in [3.05, 3.63) is 12.0 Å². The van der Waals surface area contributed by atoms with E-state index in [4.69, 9.17) is 23.0 Å². The second kappa shape index (κ2) is 9.83. The van der Waals surface area contributed by atoms with Crippen molar-refractivity contribution in [1.82, 2.24) is 0 Å². The zero-order valence-corrected chi connectivity index (χ0v) is 12.6. The van der Waals surface area contributed by atoms with Gasteiger partial charge in [-0.1, -0.05) is 0 Å². The number of phosphoric acid groups is 1. The van der Waals surface area contributed by atoms with Crippen LogP contribution < -0.4 is 0 Å². The molecule has 19 heavy (non-hydrogen) atoms. The van der Waals surface area contributed by atoms with Crippen LogP contribution in [0.25, 0.3) is 0 Å². The van der Waals surface area contributed by atoms with Crippen molar-refractivity contribution in [2.75, 3.05) is 26.4 Å². The lowest BCUT2D eigenvalue weighted by atomic mass is 10.6. The summed E-state index contributed by atoms with van der Waals surface area (Å²) in [6, 6.07) is 0. The maximum atomic E-state index is 12.1. The minimum absolute atomic E-state index is 0.135. The topological polar surface area (TPSA) is 80.3 Å². The van der Waals surface area contributed by atoms with Gasteiger partial charge >= 0.3 is 13.8 Å². The van der Waals surface area contributed by atoms with Crippen molar-refractivity contribution in [3.63, 3.8) is 0 Å². The molecule has 0 amide bonds. The molecule has 0 atom stereocenters. The highest BCUT2D eigenvalue weighted by Gasteiger charge is 2.29. The summed E-state index contributed by atoms with van der Waals surface area (Å²) in [5, 5.41) is 0. The Morgan fingerprint density at radius 2 is 1.47 bits per heavy atom. The Balaban J connectivity index is 4.87. The monoisotopic (exact) mass is 296 g/mol. The lowest BCUT2D eigenvalue weighted by Gasteiger charge is -2.18. The zero-order chi connectivity index (χ0) is 14.7. The third-order valence-electron chi connectivity index (χ3n) is 1.59. The summed E-state index contributed by atoms with van der Waals surface area (Å²) < 4.78 is 36.7. The first-order valence-corrected chi connectivity index (χ1v) is 7.57. The lowest BCUT2D eigenvalue weighted by Crippen LogP contribution is -2.07. The highest BCUT2D eigenvalue weighted by molar-refractivity contribution is 7.48. The number of esters is 1. The van der Waals surface area contributed by atoms with Crippen LogP contribution in [-0.4, -0.2) is 32.4 Å². The number of phosphoric ester groups is 1. The molecule has 0 saturated carbocycles. The van der Waals surface area contributed by atoms with Crippen LogP contribution in [0, 0.1) is 0 Å². The van der Waals surface area contributed by atoms with Gasteiger partial charge in [0.25, 0.3) is 5.95 Å². The van der Waals surface area contributed by atoms with Gasteiger partial charge in [0.05, 0.1) is 26.4 Å². The van der Waals surface area contributed by atoms with Crippen molar-refractivity contribution >= 4 is 13.8 Å². The van der Waals surface area contributed by atoms with E-state index in [1.165, 1.54) is 0 Å². The third kappa shape index (κ3) is 7.87. The Morgan fingerprint density at radius 3 is 1.89 bits per heavy atom. The van der Waals surface area contributed by atoms with E-state index in [2.05, 4.69) is 0 Å². The van der Waals surface area contributed by atoms with Gasteiger partial charge in [-0.25, -0.2) is 9.36 Å². The Labute approximate surface area is 113 Å². The first-order chi connectivity index (χ1) is 9.01. The van der Waals surface area contributed by atoms with Gasteiger partial charge in [-0.2, -0.15) is 0 Å². The van der Waals surface area contributed by atoms with Crippen molar-refractivity contribution in [3.8, 4) is 0 Å². The minimum atomic E-state index is -3.78. The van der Waals surface area contributed by atoms with Crippen molar-refractivity contribution in [1.29, 1.82) is 0 Å². The number of rotatable bonds is 10. The maximum absolute atomic E-state index is 12.1. The van der Waals surface area contributed by atoms with E-state index < -0.39 is 13.8 Å². The van der Waals surface area contributed by atoms with E-state index in [0.29, 0.717) is 0 Å². The average molecular weight is 296 g/mol. The van der Waals surface area contributed by atoms with Crippen LogP contribution in [-0.2, 0) is 32.4 Å². The van der Waals surface area contributed by atoms with E-state index in [9.17, 15) is 9.36 Å². The molecule has 0 aromatic rings. The standard InChI is InChI=1S/C11H21O7P/c1-5-14-10(12)9-11(15-6-2)18-19(13,16-7-3)17-8-4/h9H,5-8H2,1-4H3/b11-9+. The van der Waals surface area contributed by atoms with E-state index >= 15 is 0 Å². The molecule has 8 heteroatoms. The lowest BCUT2D eigenvalue weighted by molar-refractivity contribution is -0.137. The second-order valence-corrected chi connectivity index (χ2v) is 4.62. The van der Waals surface area contributed by atoms with Crippen LogP contribution in [0.1, 0.15) is 27.7 Å². The molecule has 0 aliphatic heterocycles. The quantitative estimate of drug-likeness (QED) is 0.265. The Bertz CT molecular complexity index is 330. The molecule has 0 rings (SSSR count). The summed E-state index contributed by atoms with van der Waals surface area (Å²) in [6.45, 7) is 7.35. The minimum Gasteiger partial charge on any atom is -0.465 e. The third-order valence-corrected chi connectivity index (χ3v) is 3.14. The molecule has 0 aromatic heterocycles. The summed E-state index contributed by atoms with van der Waals surface area (Å²) in [5.41, 5.74) is 0.